The van der Waals surface area contributed by atoms with Gasteiger partial charge in [0.1, 0.15) is 5.75 Å². The number of hydrogen-bond donors (Lipinski definition) is 1. The van der Waals surface area contributed by atoms with E-state index in [1.54, 1.807) is 0 Å². The van der Waals surface area contributed by atoms with Crippen molar-refractivity contribution in [2.75, 3.05) is 64.3 Å². The van der Waals surface area contributed by atoms with Gasteiger partial charge in [0.2, 0.25) is 0 Å². The molecule has 0 bridgehead atoms. The molecule has 0 saturated carbocycles. The number of nitrogens with zero attached hydrogens (tertiary/aromatic N) is 2. The Balaban J connectivity index is 1.95. The van der Waals surface area contributed by atoms with E-state index in [4.69, 9.17) is 9.47 Å². The summed E-state index contributed by atoms with van der Waals surface area (Å²) in [6, 6.07) is 3.63. The number of esters is 1. The van der Waals surface area contributed by atoms with Gasteiger partial charge in [-0.3, -0.25) is 14.5 Å². The maximum atomic E-state index is 12.7. The lowest BCUT2D eigenvalue weighted by molar-refractivity contribution is -0.915. The van der Waals surface area contributed by atoms with Crippen molar-refractivity contribution >= 4 is 17.6 Å². The molecule has 1 heterocycles. The standard InChI is InChI=1S/C23H37N3O4/c1-6-26(7-2,8-3)17-21(27)24-23-18(4)15-20(16-19(23)5)30-22(28)9-10-25-11-13-29-14-12-25/h15-16H,6-14,17H2,1-5H3/p+1. The lowest BCUT2D eigenvalue weighted by Gasteiger charge is -2.35. The molecule has 0 spiro atoms. The van der Waals surface area contributed by atoms with Gasteiger partial charge < -0.3 is 19.3 Å². The second kappa shape index (κ2) is 11.4. The summed E-state index contributed by atoms with van der Waals surface area (Å²) in [7, 11) is 0. The fourth-order valence-corrected chi connectivity index (χ4v) is 3.93. The molecule has 1 aliphatic heterocycles. The van der Waals surface area contributed by atoms with E-state index in [1.165, 1.54) is 0 Å². The summed E-state index contributed by atoms with van der Waals surface area (Å²) in [5.74, 6) is 0.297. The second-order valence-electron chi connectivity index (χ2n) is 8.11. The first kappa shape index (κ1) is 24.3. The van der Waals surface area contributed by atoms with Gasteiger partial charge in [0.15, 0.2) is 6.54 Å². The molecule has 2 rings (SSSR count). The number of carbonyl (C=O) groups is 2. The fraction of sp³-hybridized carbons (Fsp3) is 0.652. The molecule has 1 aromatic carbocycles. The Morgan fingerprint density at radius 2 is 1.63 bits per heavy atom. The monoisotopic (exact) mass is 420 g/mol. The number of aryl methyl sites for hydroxylation is 2. The smallest absolute Gasteiger partial charge is 0.312 e. The largest absolute Gasteiger partial charge is 0.426 e. The highest BCUT2D eigenvalue weighted by molar-refractivity contribution is 5.93. The highest BCUT2D eigenvalue weighted by Gasteiger charge is 2.25. The summed E-state index contributed by atoms with van der Waals surface area (Å²) in [4.78, 5) is 27.1. The van der Waals surface area contributed by atoms with E-state index < -0.39 is 0 Å². The normalized spacial score (nSPS) is 15.1. The zero-order valence-electron chi connectivity index (χ0n) is 19.3. The third-order valence-corrected chi connectivity index (χ3v) is 6.23. The molecule has 1 N–H and O–H groups in total. The number of ether oxygens (including phenoxy) is 2. The zero-order valence-corrected chi connectivity index (χ0v) is 19.3. The van der Waals surface area contributed by atoms with Crippen molar-refractivity contribution in [2.24, 2.45) is 0 Å². The van der Waals surface area contributed by atoms with E-state index in [0.29, 0.717) is 25.3 Å². The number of carbonyl (C=O) groups excluding carboxylic acids is 2. The summed E-state index contributed by atoms with van der Waals surface area (Å²) >= 11 is 0. The van der Waals surface area contributed by atoms with Gasteiger partial charge in [0, 0.05) is 25.3 Å². The first-order chi connectivity index (χ1) is 14.3. The van der Waals surface area contributed by atoms with Crippen molar-refractivity contribution in [1.29, 1.82) is 0 Å². The van der Waals surface area contributed by atoms with E-state index >= 15 is 0 Å². The van der Waals surface area contributed by atoms with Crippen LogP contribution in [0.4, 0.5) is 5.69 Å². The third-order valence-electron chi connectivity index (χ3n) is 6.23. The van der Waals surface area contributed by atoms with Crippen molar-refractivity contribution in [3.63, 3.8) is 0 Å². The lowest BCUT2D eigenvalue weighted by atomic mass is 10.1. The van der Waals surface area contributed by atoms with Crippen molar-refractivity contribution < 1.29 is 23.5 Å². The number of rotatable bonds is 10. The lowest BCUT2D eigenvalue weighted by Crippen LogP contribution is -2.52. The van der Waals surface area contributed by atoms with Crippen LogP contribution in [0, 0.1) is 13.8 Å². The number of benzene rings is 1. The van der Waals surface area contributed by atoms with Crippen molar-refractivity contribution in [2.45, 2.75) is 41.0 Å². The van der Waals surface area contributed by atoms with E-state index in [1.807, 2.05) is 26.0 Å². The van der Waals surface area contributed by atoms with Crippen LogP contribution in [0.2, 0.25) is 0 Å². The molecule has 0 radical (unpaired) electrons. The van der Waals surface area contributed by atoms with Crippen LogP contribution in [0.15, 0.2) is 12.1 Å². The average Bonchev–Trinajstić information content (AvgIpc) is 2.74. The number of quaternary nitrogens is 1. The number of likely N-dealkylation sites (N-methyl/N-ethyl adjacent to an activating group) is 1. The first-order valence-corrected chi connectivity index (χ1v) is 11.1. The van der Waals surface area contributed by atoms with Crippen LogP contribution in [-0.4, -0.2) is 80.3 Å². The van der Waals surface area contributed by atoms with Gasteiger partial charge in [-0.1, -0.05) is 0 Å². The van der Waals surface area contributed by atoms with E-state index in [2.05, 4.69) is 31.0 Å². The summed E-state index contributed by atoms with van der Waals surface area (Å²) in [6.45, 7) is 17.3. The molecule has 1 amide bonds. The number of hydrogen-bond acceptors (Lipinski definition) is 5. The summed E-state index contributed by atoms with van der Waals surface area (Å²) in [5, 5.41) is 3.07. The van der Waals surface area contributed by atoms with Crippen LogP contribution in [0.5, 0.6) is 5.75 Å². The molecule has 1 fully saturated rings. The highest BCUT2D eigenvalue weighted by Crippen LogP contribution is 2.27. The highest BCUT2D eigenvalue weighted by atomic mass is 16.5. The molecule has 1 saturated heterocycles. The van der Waals surface area contributed by atoms with Crippen LogP contribution in [0.3, 0.4) is 0 Å². The molecule has 30 heavy (non-hydrogen) atoms. The summed E-state index contributed by atoms with van der Waals surface area (Å²) in [6.07, 6.45) is 0.349. The third kappa shape index (κ3) is 6.79. The van der Waals surface area contributed by atoms with Gasteiger partial charge in [-0.15, -0.1) is 0 Å². The molecule has 7 heteroatoms. The maximum absolute atomic E-state index is 12.7. The van der Waals surface area contributed by atoms with Gasteiger partial charge in [-0.25, -0.2) is 0 Å². The van der Waals surface area contributed by atoms with Gasteiger partial charge in [0.05, 0.1) is 39.3 Å². The molecule has 1 aromatic rings. The van der Waals surface area contributed by atoms with Gasteiger partial charge in [-0.2, -0.15) is 0 Å². The molecular formula is C23H38N3O4+. The minimum atomic E-state index is -0.243. The molecule has 168 valence electrons. The van der Waals surface area contributed by atoms with Crippen LogP contribution >= 0.6 is 0 Å². The Labute approximate surface area is 180 Å². The minimum absolute atomic E-state index is 0.0157. The van der Waals surface area contributed by atoms with E-state index in [0.717, 1.165) is 67.2 Å². The Morgan fingerprint density at radius 1 is 1.07 bits per heavy atom. The van der Waals surface area contributed by atoms with E-state index in [-0.39, 0.29) is 11.9 Å². The molecule has 1 aliphatic rings. The predicted molar refractivity (Wildman–Crippen MR) is 119 cm³/mol. The number of anilines is 1. The molecule has 0 aliphatic carbocycles. The number of amides is 1. The van der Waals surface area contributed by atoms with Crippen molar-refractivity contribution in [3.8, 4) is 5.75 Å². The Kier molecular flexibility index (Phi) is 9.27. The fourth-order valence-electron chi connectivity index (χ4n) is 3.93. The Morgan fingerprint density at radius 3 is 2.17 bits per heavy atom. The zero-order chi connectivity index (χ0) is 22.1. The average molecular weight is 421 g/mol. The molecule has 0 unspecified atom stereocenters. The van der Waals surface area contributed by atoms with Gasteiger partial charge >= 0.3 is 5.97 Å². The first-order valence-electron chi connectivity index (χ1n) is 11.1. The predicted octanol–water partition coefficient (Wildman–Crippen LogP) is 2.75. The Hall–Kier alpha value is -1.96. The number of morpholine rings is 1. The summed E-state index contributed by atoms with van der Waals surface area (Å²) < 4.78 is 11.6. The van der Waals surface area contributed by atoms with Crippen LogP contribution in [0.25, 0.3) is 0 Å². The topological polar surface area (TPSA) is 67.9 Å². The van der Waals surface area contributed by atoms with Crippen LogP contribution in [-0.2, 0) is 14.3 Å². The Bertz CT molecular complexity index is 694. The van der Waals surface area contributed by atoms with Gasteiger partial charge in [0.25, 0.3) is 5.91 Å². The second-order valence-corrected chi connectivity index (χ2v) is 8.11. The van der Waals surface area contributed by atoms with Crippen molar-refractivity contribution in [3.05, 3.63) is 23.3 Å². The number of nitrogens with one attached hydrogen (secondary N) is 1. The quantitative estimate of drug-likeness (QED) is 0.358. The summed E-state index contributed by atoms with van der Waals surface area (Å²) in [5.41, 5.74) is 2.58. The van der Waals surface area contributed by atoms with Crippen LogP contribution in [0.1, 0.15) is 38.3 Å². The molecule has 0 aromatic heterocycles. The maximum Gasteiger partial charge on any atom is 0.312 e. The SMILES string of the molecule is CC[N+](CC)(CC)CC(=O)Nc1c(C)cc(OC(=O)CCN2CCOCC2)cc1C. The van der Waals surface area contributed by atoms with Crippen LogP contribution < -0.4 is 10.1 Å². The minimum Gasteiger partial charge on any atom is -0.426 e. The molecule has 0 atom stereocenters. The molecule has 7 nitrogen and oxygen atoms in total. The van der Waals surface area contributed by atoms with Crippen molar-refractivity contribution in [1.82, 2.24) is 4.90 Å². The van der Waals surface area contributed by atoms with E-state index in [9.17, 15) is 9.59 Å². The molecular weight excluding hydrogens is 382 g/mol. The van der Waals surface area contributed by atoms with Gasteiger partial charge in [-0.05, 0) is 57.9 Å².